The van der Waals surface area contributed by atoms with E-state index in [4.69, 9.17) is 5.84 Å². The molecule has 0 radical (unpaired) electrons. The molecular formula is C11H13N3OS. The summed E-state index contributed by atoms with van der Waals surface area (Å²) in [5.41, 5.74) is 1.08. The minimum atomic E-state index is -0.114. The normalized spacial score (nSPS) is 19.9. The molecule has 3 rings (SSSR count). The molecule has 0 aliphatic heterocycles. The van der Waals surface area contributed by atoms with Crippen molar-refractivity contribution < 1.29 is 0 Å². The summed E-state index contributed by atoms with van der Waals surface area (Å²) in [5.74, 6) is 6.26. The lowest BCUT2D eigenvalue weighted by molar-refractivity contribution is 0.509. The fourth-order valence-electron chi connectivity index (χ4n) is 2.34. The van der Waals surface area contributed by atoms with Crippen molar-refractivity contribution in [3.05, 3.63) is 27.1 Å². The van der Waals surface area contributed by atoms with Crippen LogP contribution in [0.1, 0.15) is 23.8 Å². The van der Waals surface area contributed by atoms with Gasteiger partial charge >= 0.3 is 0 Å². The van der Waals surface area contributed by atoms with Crippen LogP contribution in [0.3, 0.4) is 0 Å². The van der Waals surface area contributed by atoms with Crippen molar-refractivity contribution in [3.63, 3.8) is 0 Å². The van der Waals surface area contributed by atoms with Gasteiger partial charge in [0.1, 0.15) is 11.2 Å². The number of hydrogen-bond acceptors (Lipinski definition) is 4. The van der Waals surface area contributed by atoms with E-state index in [1.54, 1.807) is 11.3 Å². The van der Waals surface area contributed by atoms with Gasteiger partial charge in [-0.05, 0) is 30.7 Å². The topological polar surface area (TPSA) is 60.9 Å². The lowest BCUT2D eigenvalue weighted by Gasteiger charge is -2.17. The summed E-state index contributed by atoms with van der Waals surface area (Å²) in [5, 5.41) is 0.747. The Morgan fingerprint density at radius 1 is 1.62 bits per heavy atom. The predicted molar refractivity (Wildman–Crippen MR) is 65.2 cm³/mol. The van der Waals surface area contributed by atoms with Gasteiger partial charge in [-0.3, -0.25) is 4.79 Å². The van der Waals surface area contributed by atoms with Gasteiger partial charge in [-0.15, -0.1) is 11.3 Å². The van der Waals surface area contributed by atoms with Crippen LogP contribution in [0, 0.1) is 5.92 Å². The third kappa shape index (κ3) is 1.28. The number of aromatic nitrogens is 2. The molecule has 2 heterocycles. The molecule has 1 aliphatic rings. The molecule has 0 saturated heterocycles. The highest BCUT2D eigenvalue weighted by molar-refractivity contribution is 7.18. The average molecular weight is 235 g/mol. The number of nitrogens with zero attached hydrogens (tertiary/aromatic N) is 2. The SMILES string of the molecule is CC1CCc2c(sc3ncn(N)c(=O)c23)C1. The Balaban J connectivity index is 2.35. The van der Waals surface area contributed by atoms with Crippen molar-refractivity contribution in [1.29, 1.82) is 0 Å². The van der Waals surface area contributed by atoms with Crippen molar-refractivity contribution in [1.82, 2.24) is 9.66 Å². The van der Waals surface area contributed by atoms with Gasteiger partial charge in [0.25, 0.3) is 5.56 Å². The van der Waals surface area contributed by atoms with Crippen LogP contribution < -0.4 is 11.4 Å². The maximum Gasteiger partial charge on any atom is 0.280 e. The van der Waals surface area contributed by atoms with E-state index in [-0.39, 0.29) is 5.56 Å². The van der Waals surface area contributed by atoms with Crippen LogP contribution >= 0.6 is 11.3 Å². The second-order valence-corrected chi connectivity index (χ2v) is 5.57. The molecule has 0 aromatic carbocycles. The van der Waals surface area contributed by atoms with Crippen LogP contribution in [0.2, 0.25) is 0 Å². The van der Waals surface area contributed by atoms with Crippen molar-refractivity contribution in [2.45, 2.75) is 26.2 Å². The van der Waals surface area contributed by atoms with E-state index in [2.05, 4.69) is 11.9 Å². The van der Waals surface area contributed by atoms with E-state index in [1.807, 2.05) is 0 Å². The molecule has 0 bridgehead atoms. The second-order valence-electron chi connectivity index (χ2n) is 4.49. The molecule has 0 saturated carbocycles. The number of nitrogens with two attached hydrogens (primary N) is 1. The predicted octanol–water partition coefficient (Wildman–Crippen LogP) is 1.30. The Morgan fingerprint density at radius 3 is 3.25 bits per heavy atom. The maximum atomic E-state index is 11.9. The van der Waals surface area contributed by atoms with E-state index in [0.717, 1.165) is 34.2 Å². The first-order valence-electron chi connectivity index (χ1n) is 5.44. The van der Waals surface area contributed by atoms with Gasteiger partial charge in [-0.2, -0.15) is 0 Å². The summed E-state index contributed by atoms with van der Waals surface area (Å²) in [6.45, 7) is 2.25. The molecule has 4 nitrogen and oxygen atoms in total. The van der Waals surface area contributed by atoms with Gasteiger partial charge in [-0.25, -0.2) is 9.66 Å². The molecular weight excluding hydrogens is 222 g/mol. The molecule has 84 valence electrons. The Kier molecular flexibility index (Phi) is 2.04. The fourth-order valence-corrected chi connectivity index (χ4v) is 3.69. The first-order valence-corrected chi connectivity index (χ1v) is 6.25. The number of thiophene rings is 1. The minimum Gasteiger partial charge on any atom is -0.335 e. The van der Waals surface area contributed by atoms with Crippen molar-refractivity contribution in [3.8, 4) is 0 Å². The largest absolute Gasteiger partial charge is 0.335 e. The summed E-state index contributed by atoms with van der Waals surface area (Å²) < 4.78 is 1.08. The molecule has 0 fully saturated rings. The zero-order valence-corrected chi connectivity index (χ0v) is 9.88. The van der Waals surface area contributed by atoms with Crippen molar-refractivity contribution >= 4 is 21.6 Å². The highest BCUT2D eigenvalue weighted by atomic mass is 32.1. The summed E-state index contributed by atoms with van der Waals surface area (Å²) in [6.07, 6.45) is 4.60. The first kappa shape index (κ1) is 9.84. The minimum absolute atomic E-state index is 0.114. The monoisotopic (exact) mass is 235 g/mol. The second kappa shape index (κ2) is 3.31. The molecule has 2 aromatic rings. The van der Waals surface area contributed by atoms with E-state index in [9.17, 15) is 4.79 Å². The molecule has 1 aliphatic carbocycles. The standard InChI is InChI=1S/C11H13N3OS/c1-6-2-3-7-8(4-6)16-10-9(7)11(15)14(12)5-13-10/h5-6H,2-4,12H2,1H3. The summed E-state index contributed by atoms with van der Waals surface area (Å²) in [7, 11) is 0. The highest BCUT2D eigenvalue weighted by Crippen LogP contribution is 2.35. The number of nitrogen functional groups attached to an aromatic ring is 1. The van der Waals surface area contributed by atoms with Gasteiger partial charge in [0, 0.05) is 4.88 Å². The van der Waals surface area contributed by atoms with Crippen LogP contribution in [0.5, 0.6) is 0 Å². The molecule has 5 heteroatoms. The van der Waals surface area contributed by atoms with Crippen LogP contribution in [0.4, 0.5) is 0 Å². The van der Waals surface area contributed by atoms with Crippen molar-refractivity contribution in [2.75, 3.05) is 5.84 Å². The average Bonchev–Trinajstić information content (AvgIpc) is 2.61. The van der Waals surface area contributed by atoms with Gasteiger partial charge < -0.3 is 5.84 Å². The van der Waals surface area contributed by atoms with Gasteiger partial charge in [0.15, 0.2) is 0 Å². The zero-order valence-electron chi connectivity index (χ0n) is 9.06. The number of fused-ring (bicyclic) bond motifs is 3. The highest BCUT2D eigenvalue weighted by Gasteiger charge is 2.22. The lowest BCUT2D eigenvalue weighted by Crippen LogP contribution is -2.27. The molecule has 1 unspecified atom stereocenters. The number of rotatable bonds is 0. The Hall–Kier alpha value is -1.36. The summed E-state index contributed by atoms with van der Waals surface area (Å²) in [6, 6.07) is 0. The molecule has 0 spiro atoms. The van der Waals surface area contributed by atoms with E-state index in [1.165, 1.54) is 16.8 Å². The summed E-state index contributed by atoms with van der Waals surface area (Å²) >= 11 is 1.65. The lowest BCUT2D eigenvalue weighted by atomic mass is 9.89. The third-order valence-electron chi connectivity index (χ3n) is 3.24. The van der Waals surface area contributed by atoms with Crippen LogP contribution in [-0.2, 0) is 12.8 Å². The van der Waals surface area contributed by atoms with E-state index in [0.29, 0.717) is 5.92 Å². The van der Waals surface area contributed by atoms with Gasteiger partial charge in [0.05, 0.1) is 5.39 Å². The quantitative estimate of drug-likeness (QED) is 0.700. The van der Waals surface area contributed by atoms with Crippen molar-refractivity contribution in [2.24, 2.45) is 5.92 Å². The Labute approximate surface area is 96.7 Å². The molecule has 0 amide bonds. The summed E-state index contributed by atoms with van der Waals surface area (Å²) in [4.78, 5) is 18.3. The number of hydrogen-bond donors (Lipinski definition) is 1. The smallest absolute Gasteiger partial charge is 0.280 e. The zero-order chi connectivity index (χ0) is 11.3. The van der Waals surface area contributed by atoms with Gasteiger partial charge in [-0.1, -0.05) is 6.92 Å². The Morgan fingerprint density at radius 2 is 2.44 bits per heavy atom. The van der Waals surface area contributed by atoms with Gasteiger partial charge in [0.2, 0.25) is 0 Å². The first-order chi connectivity index (χ1) is 7.66. The number of aryl methyl sites for hydroxylation is 1. The molecule has 2 aromatic heterocycles. The molecule has 2 N–H and O–H groups in total. The fraction of sp³-hybridized carbons (Fsp3) is 0.455. The van der Waals surface area contributed by atoms with Crippen LogP contribution in [0.25, 0.3) is 10.2 Å². The van der Waals surface area contributed by atoms with E-state index >= 15 is 0 Å². The van der Waals surface area contributed by atoms with E-state index < -0.39 is 0 Å². The van der Waals surface area contributed by atoms with Crippen LogP contribution in [0.15, 0.2) is 11.1 Å². The Bertz CT molecular complexity index is 613. The molecule has 16 heavy (non-hydrogen) atoms. The van der Waals surface area contributed by atoms with Crippen LogP contribution in [-0.4, -0.2) is 9.66 Å². The maximum absolute atomic E-state index is 11.9. The third-order valence-corrected chi connectivity index (χ3v) is 4.40. The molecule has 1 atom stereocenters.